The van der Waals surface area contributed by atoms with Crippen molar-refractivity contribution in [3.63, 3.8) is 0 Å². The molecule has 4 heterocycles. The average molecular weight is 429 g/mol. The fourth-order valence-electron chi connectivity index (χ4n) is 4.49. The molecule has 0 spiro atoms. The average Bonchev–Trinajstić information content (AvgIpc) is 3.13. The van der Waals surface area contributed by atoms with Crippen LogP contribution in [0.25, 0.3) is 11.1 Å². The van der Waals surface area contributed by atoms with Crippen molar-refractivity contribution < 1.29 is 22.7 Å². The van der Waals surface area contributed by atoms with E-state index in [4.69, 9.17) is 14.9 Å². The van der Waals surface area contributed by atoms with Crippen molar-refractivity contribution in [3.05, 3.63) is 47.3 Å². The zero-order valence-electron chi connectivity index (χ0n) is 16.8. The Balaban J connectivity index is 1.38. The quantitative estimate of drug-likeness (QED) is 0.668. The summed E-state index contributed by atoms with van der Waals surface area (Å²) in [6.07, 6.45) is 2.85. The molecule has 162 valence electrons. The smallest absolute Gasteiger partial charge is 0.293 e. The first-order valence-corrected chi connectivity index (χ1v) is 10.1. The summed E-state index contributed by atoms with van der Waals surface area (Å²) in [5.41, 5.74) is 8.36. The number of nitrogen functional groups attached to an aromatic ring is 1. The number of oxazole rings is 1. The molecule has 0 unspecified atom stereocenters. The fourth-order valence-corrected chi connectivity index (χ4v) is 4.49. The van der Waals surface area contributed by atoms with Gasteiger partial charge in [-0.3, -0.25) is 9.78 Å². The van der Waals surface area contributed by atoms with Crippen LogP contribution in [0.2, 0.25) is 0 Å². The van der Waals surface area contributed by atoms with Gasteiger partial charge in [0.15, 0.2) is 11.7 Å². The molecule has 0 saturated carbocycles. The van der Waals surface area contributed by atoms with Crippen molar-refractivity contribution in [2.75, 3.05) is 36.9 Å². The van der Waals surface area contributed by atoms with E-state index in [-0.39, 0.29) is 18.5 Å². The number of anilines is 2. The number of amides is 1. The molecule has 3 aromatic rings. The maximum Gasteiger partial charge on any atom is 0.293 e. The second-order valence-corrected chi connectivity index (χ2v) is 7.78. The molecule has 0 bridgehead atoms. The molecule has 2 aliphatic heterocycles. The van der Waals surface area contributed by atoms with Crippen molar-refractivity contribution in [2.24, 2.45) is 0 Å². The Kier molecular flexibility index (Phi) is 4.73. The lowest BCUT2D eigenvalue weighted by Crippen LogP contribution is -2.53. The highest BCUT2D eigenvalue weighted by Crippen LogP contribution is 2.34. The van der Waals surface area contributed by atoms with Gasteiger partial charge in [-0.1, -0.05) is 0 Å². The van der Waals surface area contributed by atoms with E-state index in [1.807, 2.05) is 4.90 Å². The van der Waals surface area contributed by atoms with E-state index in [0.29, 0.717) is 54.0 Å². The molecule has 5 rings (SSSR count). The Labute approximate surface area is 176 Å². The standard InChI is InChI=1S/C21H21F2N5O3/c1-11-18-12(6-13(22)7-14(18)23)2-3-28(11)20(29)17-10-27(4-5-30-17)16-9-25-8-15-19(16)31-21(24)26-15/h6-9,11,17H,2-5,10H2,1H3,(H2,24,26)/t11-,17+/m0/s1. The van der Waals surface area contributed by atoms with E-state index in [1.165, 1.54) is 6.07 Å². The highest BCUT2D eigenvalue weighted by molar-refractivity contribution is 5.88. The van der Waals surface area contributed by atoms with Crippen LogP contribution in [0.3, 0.4) is 0 Å². The molecule has 8 nitrogen and oxygen atoms in total. The van der Waals surface area contributed by atoms with Gasteiger partial charge in [-0.25, -0.2) is 8.78 Å². The summed E-state index contributed by atoms with van der Waals surface area (Å²) >= 11 is 0. The molecule has 2 aromatic heterocycles. The molecule has 2 aliphatic rings. The molecule has 1 amide bonds. The molecule has 1 fully saturated rings. The predicted octanol–water partition coefficient (Wildman–Crippen LogP) is 2.43. The number of rotatable bonds is 2. The van der Waals surface area contributed by atoms with Crippen LogP contribution < -0.4 is 10.6 Å². The molecule has 1 aromatic carbocycles. The highest BCUT2D eigenvalue weighted by atomic mass is 19.1. The van der Waals surface area contributed by atoms with E-state index < -0.39 is 23.8 Å². The Morgan fingerprint density at radius 3 is 2.94 bits per heavy atom. The summed E-state index contributed by atoms with van der Waals surface area (Å²) in [5, 5.41) is 0. The molecule has 0 radical (unpaired) electrons. The number of nitrogens with zero attached hydrogens (tertiary/aromatic N) is 4. The second kappa shape index (κ2) is 7.45. The van der Waals surface area contributed by atoms with Crippen molar-refractivity contribution in [3.8, 4) is 0 Å². The largest absolute Gasteiger partial charge is 0.421 e. The van der Waals surface area contributed by atoms with Crippen molar-refractivity contribution in [1.82, 2.24) is 14.9 Å². The molecular formula is C21H21F2N5O3. The van der Waals surface area contributed by atoms with Gasteiger partial charge in [-0.15, -0.1) is 0 Å². The summed E-state index contributed by atoms with van der Waals surface area (Å²) < 4.78 is 39.3. The van der Waals surface area contributed by atoms with E-state index in [0.717, 1.165) is 6.07 Å². The molecule has 10 heteroatoms. The topological polar surface area (TPSA) is 97.7 Å². The highest BCUT2D eigenvalue weighted by Gasteiger charge is 2.37. The third-order valence-corrected chi connectivity index (χ3v) is 5.95. The lowest BCUT2D eigenvalue weighted by molar-refractivity contribution is -0.147. The molecule has 1 saturated heterocycles. The van der Waals surface area contributed by atoms with Gasteiger partial charge in [0, 0.05) is 24.7 Å². The lowest BCUT2D eigenvalue weighted by Gasteiger charge is -2.40. The first-order valence-electron chi connectivity index (χ1n) is 10.1. The molecule has 2 N–H and O–H groups in total. The van der Waals surface area contributed by atoms with Crippen LogP contribution >= 0.6 is 0 Å². The predicted molar refractivity (Wildman–Crippen MR) is 108 cm³/mol. The summed E-state index contributed by atoms with van der Waals surface area (Å²) in [6, 6.07) is 1.73. The number of aromatic nitrogens is 2. The number of morpholine rings is 1. The van der Waals surface area contributed by atoms with Gasteiger partial charge in [0.25, 0.3) is 11.9 Å². The van der Waals surface area contributed by atoms with Crippen LogP contribution in [0.5, 0.6) is 0 Å². The van der Waals surface area contributed by atoms with Gasteiger partial charge < -0.3 is 24.7 Å². The minimum Gasteiger partial charge on any atom is -0.421 e. The monoisotopic (exact) mass is 429 g/mol. The molecule has 31 heavy (non-hydrogen) atoms. The van der Waals surface area contributed by atoms with Gasteiger partial charge in [-0.05, 0) is 25.0 Å². The number of carbonyl (C=O) groups is 1. The van der Waals surface area contributed by atoms with Crippen molar-refractivity contribution in [2.45, 2.75) is 25.5 Å². The normalized spacial score (nSPS) is 21.4. The number of fused-ring (bicyclic) bond motifs is 2. The second-order valence-electron chi connectivity index (χ2n) is 7.78. The maximum atomic E-state index is 14.4. The third kappa shape index (κ3) is 3.36. The summed E-state index contributed by atoms with van der Waals surface area (Å²) in [6.45, 7) is 3.26. The lowest BCUT2D eigenvalue weighted by atomic mass is 9.92. The van der Waals surface area contributed by atoms with Crippen LogP contribution in [-0.4, -0.2) is 53.1 Å². The number of halogens is 2. The van der Waals surface area contributed by atoms with Crippen LogP contribution in [0.15, 0.2) is 28.9 Å². The first kappa shape index (κ1) is 19.7. The minimum atomic E-state index is -0.739. The van der Waals surface area contributed by atoms with E-state index in [2.05, 4.69) is 9.97 Å². The molecule has 2 atom stereocenters. The SMILES string of the molecule is C[C@H]1c2c(F)cc(F)cc2CCN1C(=O)[C@H]1CN(c2cncc3nc(N)oc23)CCO1. The van der Waals surface area contributed by atoms with Gasteiger partial charge in [0.2, 0.25) is 0 Å². The Morgan fingerprint density at radius 1 is 1.26 bits per heavy atom. The fraction of sp³-hybridized carbons (Fsp3) is 0.381. The zero-order chi connectivity index (χ0) is 21.7. The first-order chi connectivity index (χ1) is 14.9. The van der Waals surface area contributed by atoms with Gasteiger partial charge >= 0.3 is 0 Å². The van der Waals surface area contributed by atoms with Gasteiger partial charge in [0.05, 0.1) is 31.6 Å². The van der Waals surface area contributed by atoms with Crippen LogP contribution in [0.1, 0.15) is 24.1 Å². The number of carbonyl (C=O) groups excluding carboxylic acids is 1. The van der Waals surface area contributed by atoms with Crippen LogP contribution in [0.4, 0.5) is 20.5 Å². The maximum absolute atomic E-state index is 14.4. The summed E-state index contributed by atoms with van der Waals surface area (Å²) in [7, 11) is 0. The van der Waals surface area contributed by atoms with E-state index in [1.54, 1.807) is 24.2 Å². The van der Waals surface area contributed by atoms with Crippen LogP contribution in [-0.2, 0) is 16.0 Å². The minimum absolute atomic E-state index is 0.0457. The number of hydrogen-bond donors (Lipinski definition) is 1. The summed E-state index contributed by atoms with van der Waals surface area (Å²) in [5.74, 6) is -1.47. The van der Waals surface area contributed by atoms with Crippen LogP contribution in [0, 0.1) is 11.6 Å². The third-order valence-electron chi connectivity index (χ3n) is 5.95. The Bertz CT molecular complexity index is 1170. The van der Waals surface area contributed by atoms with E-state index >= 15 is 0 Å². The van der Waals surface area contributed by atoms with Crippen molar-refractivity contribution in [1.29, 1.82) is 0 Å². The molecule has 0 aliphatic carbocycles. The van der Waals surface area contributed by atoms with Gasteiger partial charge in [0.1, 0.15) is 22.8 Å². The van der Waals surface area contributed by atoms with Gasteiger partial charge in [-0.2, -0.15) is 4.98 Å². The molecular weight excluding hydrogens is 408 g/mol. The number of benzene rings is 1. The number of hydrogen-bond acceptors (Lipinski definition) is 7. The Hall–Kier alpha value is -3.27. The Morgan fingerprint density at radius 2 is 2.10 bits per heavy atom. The summed E-state index contributed by atoms with van der Waals surface area (Å²) in [4.78, 5) is 25.1. The number of ether oxygens (including phenoxy) is 1. The number of pyridine rings is 1. The zero-order valence-corrected chi connectivity index (χ0v) is 16.8. The number of nitrogens with two attached hydrogens (primary N) is 1. The van der Waals surface area contributed by atoms with E-state index in [9.17, 15) is 13.6 Å². The van der Waals surface area contributed by atoms with Crippen molar-refractivity contribution >= 4 is 28.7 Å².